The molecule has 3 nitrogen and oxygen atoms in total. The molecule has 106 valence electrons. The topological polar surface area (TPSA) is 38.3 Å². The van der Waals surface area contributed by atoms with Gasteiger partial charge in [-0.3, -0.25) is 0 Å². The van der Waals surface area contributed by atoms with E-state index in [0.29, 0.717) is 6.54 Å². The van der Waals surface area contributed by atoms with E-state index < -0.39 is 24.4 Å². The second-order valence-corrected chi connectivity index (χ2v) is 5.53. The normalized spacial score (nSPS) is 22.2. The van der Waals surface area contributed by atoms with Gasteiger partial charge in [0.1, 0.15) is 6.10 Å². The fraction of sp³-hybridized carbons (Fsp3) is 0.917. The van der Waals surface area contributed by atoms with Gasteiger partial charge in [0.05, 0.1) is 6.42 Å². The van der Waals surface area contributed by atoms with Crippen LogP contribution in [-0.4, -0.2) is 43.1 Å². The SMILES string of the molecule is CSCCCCCCNCC1CC(F)(F)C(=O)O1. The van der Waals surface area contributed by atoms with E-state index in [0.717, 1.165) is 19.4 Å². The van der Waals surface area contributed by atoms with Crippen molar-refractivity contribution in [1.29, 1.82) is 0 Å². The van der Waals surface area contributed by atoms with E-state index in [1.165, 1.54) is 18.6 Å². The van der Waals surface area contributed by atoms with Crippen LogP contribution in [0.2, 0.25) is 0 Å². The molecule has 1 aliphatic heterocycles. The van der Waals surface area contributed by atoms with Crippen LogP contribution < -0.4 is 5.32 Å². The summed E-state index contributed by atoms with van der Waals surface area (Å²) in [5.74, 6) is -3.48. The first-order chi connectivity index (χ1) is 8.56. The summed E-state index contributed by atoms with van der Waals surface area (Å²) in [6.45, 7) is 1.12. The van der Waals surface area contributed by atoms with Crippen molar-refractivity contribution in [1.82, 2.24) is 5.32 Å². The van der Waals surface area contributed by atoms with Gasteiger partial charge in [0, 0.05) is 6.54 Å². The summed E-state index contributed by atoms with van der Waals surface area (Å²) >= 11 is 1.85. The first kappa shape index (κ1) is 15.7. The van der Waals surface area contributed by atoms with Crippen LogP contribution in [-0.2, 0) is 9.53 Å². The standard InChI is InChI=1S/C12H21F2NO2S/c1-18-7-5-3-2-4-6-15-9-10-8-12(13,14)11(16)17-10/h10,15H,2-9H2,1H3. The number of hydrogen-bond acceptors (Lipinski definition) is 4. The average molecular weight is 281 g/mol. The predicted octanol–water partition coefficient (Wildman–Crippen LogP) is 2.45. The van der Waals surface area contributed by atoms with Crippen LogP contribution in [0.25, 0.3) is 0 Å². The lowest BCUT2D eigenvalue weighted by molar-refractivity contribution is -0.159. The van der Waals surface area contributed by atoms with Crippen LogP contribution in [0.5, 0.6) is 0 Å². The zero-order valence-corrected chi connectivity index (χ0v) is 11.5. The minimum absolute atomic E-state index is 0.326. The van der Waals surface area contributed by atoms with Crippen LogP contribution >= 0.6 is 11.8 Å². The second-order valence-electron chi connectivity index (χ2n) is 4.55. The molecule has 1 rings (SSSR count). The Morgan fingerprint density at radius 3 is 2.72 bits per heavy atom. The molecular formula is C12H21F2NO2S. The lowest BCUT2D eigenvalue weighted by Gasteiger charge is -2.09. The molecule has 1 saturated heterocycles. The molecule has 18 heavy (non-hydrogen) atoms. The highest BCUT2D eigenvalue weighted by molar-refractivity contribution is 7.98. The Bertz CT molecular complexity index is 264. The molecule has 1 N–H and O–H groups in total. The number of rotatable bonds is 9. The average Bonchev–Trinajstić information content (AvgIpc) is 2.56. The summed E-state index contributed by atoms with van der Waals surface area (Å²) in [7, 11) is 0. The van der Waals surface area contributed by atoms with Crippen molar-refractivity contribution in [2.24, 2.45) is 0 Å². The number of alkyl halides is 2. The molecule has 0 spiro atoms. The van der Waals surface area contributed by atoms with E-state index in [9.17, 15) is 13.6 Å². The fourth-order valence-corrected chi connectivity index (χ4v) is 2.37. The molecule has 1 fully saturated rings. The Hall–Kier alpha value is -0.360. The van der Waals surface area contributed by atoms with Gasteiger partial charge < -0.3 is 10.1 Å². The summed E-state index contributed by atoms with van der Waals surface area (Å²) in [6.07, 6.45) is 5.54. The minimum atomic E-state index is -3.29. The van der Waals surface area contributed by atoms with E-state index in [4.69, 9.17) is 0 Å². The third-order valence-corrected chi connectivity index (χ3v) is 3.58. The zero-order chi connectivity index (χ0) is 13.4. The van der Waals surface area contributed by atoms with Gasteiger partial charge in [-0.25, -0.2) is 4.79 Å². The van der Waals surface area contributed by atoms with E-state index in [-0.39, 0.29) is 0 Å². The first-order valence-electron chi connectivity index (χ1n) is 6.35. The summed E-state index contributed by atoms with van der Waals surface area (Å²) < 4.78 is 30.2. The number of ether oxygens (including phenoxy) is 1. The molecule has 0 bridgehead atoms. The van der Waals surface area contributed by atoms with Crippen LogP contribution in [0.15, 0.2) is 0 Å². The van der Waals surface area contributed by atoms with Crippen molar-refractivity contribution in [3.8, 4) is 0 Å². The number of esters is 1. The maximum atomic E-state index is 12.8. The number of thioether (sulfide) groups is 1. The van der Waals surface area contributed by atoms with Gasteiger partial charge in [-0.1, -0.05) is 12.8 Å². The maximum absolute atomic E-state index is 12.8. The van der Waals surface area contributed by atoms with E-state index in [1.807, 2.05) is 11.8 Å². The van der Waals surface area contributed by atoms with Crippen molar-refractivity contribution in [2.45, 2.75) is 44.1 Å². The monoisotopic (exact) mass is 281 g/mol. The molecule has 1 atom stereocenters. The van der Waals surface area contributed by atoms with Crippen LogP contribution in [0, 0.1) is 0 Å². The molecular weight excluding hydrogens is 260 g/mol. The number of hydrogen-bond donors (Lipinski definition) is 1. The molecule has 1 unspecified atom stereocenters. The van der Waals surface area contributed by atoms with Gasteiger partial charge in [0.2, 0.25) is 0 Å². The van der Waals surface area contributed by atoms with E-state index >= 15 is 0 Å². The van der Waals surface area contributed by atoms with Gasteiger partial charge in [0.15, 0.2) is 0 Å². The predicted molar refractivity (Wildman–Crippen MR) is 69.2 cm³/mol. The third kappa shape index (κ3) is 5.52. The molecule has 0 aliphatic carbocycles. The van der Waals surface area contributed by atoms with Gasteiger partial charge in [-0.2, -0.15) is 20.5 Å². The van der Waals surface area contributed by atoms with Crippen LogP contribution in [0.1, 0.15) is 32.1 Å². The van der Waals surface area contributed by atoms with Gasteiger partial charge in [0.25, 0.3) is 0 Å². The van der Waals surface area contributed by atoms with E-state index in [1.54, 1.807) is 0 Å². The minimum Gasteiger partial charge on any atom is -0.456 e. The van der Waals surface area contributed by atoms with Crippen molar-refractivity contribution < 1.29 is 18.3 Å². The molecule has 0 radical (unpaired) electrons. The van der Waals surface area contributed by atoms with Crippen molar-refractivity contribution in [2.75, 3.05) is 25.1 Å². The summed E-state index contributed by atoms with van der Waals surface area (Å²) in [6, 6.07) is 0. The Morgan fingerprint density at radius 2 is 2.11 bits per heavy atom. The number of cyclic esters (lactones) is 1. The molecule has 1 aliphatic rings. The maximum Gasteiger partial charge on any atom is 0.377 e. The quantitative estimate of drug-likeness (QED) is 0.520. The first-order valence-corrected chi connectivity index (χ1v) is 7.74. The zero-order valence-electron chi connectivity index (χ0n) is 10.7. The molecule has 0 amide bonds. The molecule has 0 saturated carbocycles. The molecule has 0 aromatic carbocycles. The lowest BCUT2D eigenvalue weighted by Crippen LogP contribution is -2.27. The van der Waals surface area contributed by atoms with Crippen LogP contribution in [0.3, 0.4) is 0 Å². The Morgan fingerprint density at radius 1 is 1.39 bits per heavy atom. The molecule has 6 heteroatoms. The largest absolute Gasteiger partial charge is 0.456 e. The summed E-state index contributed by atoms with van der Waals surface area (Å²) in [5, 5.41) is 3.06. The number of carbonyl (C=O) groups is 1. The van der Waals surface area contributed by atoms with Crippen molar-refractivity contribution in [3.63, 3.8) is 0 Å². The van der Waals surface area contributed by atoms with Crippen molar-refractivity contribution in [3.05, 3.63) is 0 Å². The van der Waals surface area contributed by atoms with Gasteiger partial charge in [-0.05, 0) is 31.4 Å². The molecule has 0 aromatic heterocycles. The number of unbranched alkanes of at least 4 members (excludes halogenated alkanes) is 3. The third-order valence-electron chi connectivity index (χ3n) is 2.88. The second kappa shape index (κ2) is 7.94. The number of carbonyl (C=O) groups excluding carboxylic acids is 1. The Kier molecular flexibility index (Phi) is 6.92. The Balaban J connectivity index is 1.95. The number of nitrogens with one attached hydrogen (secondary N) is 1. The molecule has 0 aromatic rings. The van der Waals surface area contributed by atoms with Gasteiger partial charge >= 0.3 is 11.9 Å². The van der Waals surface area contributed by atoms with Gasteiger partial charge in [-0.15, -0.1) is 0 Å². The number of halogens is 2. The fourth-order valence-electron chi connectivity index (χ4n) is 1.88. The van der Waals surface area contributed by atoms with Crippen LogP contribution in [0.4, 0.5) is 8.78 Å². The highest BCUT2D eigenvalue weighted by Crippen LogP contribution is 2.30. The molecule has 1 heterocycles. The summed E-state index contributed by atoms with van der Waals surface area (Å²) in [4.78, 5) is 10.7. The smallest absolute Gasteiger partial charge is 0.377 e. The van der Waals surface area contributed by atoms with E-state index in [2.05, 4.69) is 16.3 Å². The highest BCUT2D eigenvalue weighted by atomic mass is 32.2. The van der Waals surface area contributed by atoms with Crippen molar-refractivity contribution >= 4 is 17.7 Å². The summed E-state index contributed by atoms with van der Waals surface area (Å²) in [5.41, 5.74) is 0. The lowest BCUT2D eigenvalue weighted by atomic mass is 10.2. The highest BCUT2D eigenvalue weighted by Gasteiger charge is 2.50. The Labute approximate surface area is 111 Å².